The molecule has 3 heterocycles. The minimum absolute atomic E-state index is 0.0865. The standard InChI is InChI=1S/C21H20N2O2S/c1-4-11-25-17-7-5-15(6-8-17)12-16-9-10-23-19(16)22-20-18(21(23)24)13(2)14(3)26-20/h4-8,12H,1,9-11H2,2-3H3/b16-12-. The van der Waals surface area contributed by atoms with Crippen LogP contribution in [0.5, 0.6) is 5.75 Å². The minimum Gasteiger partial charge on any atom is -0.490 e. The number of hydrogen-bond donors (Lipinski definition) is 0. The van der Waals surface area contributed by atoms with Crippen LogP contribution in [0.1, 0.15) is 28.2 Å². The molecule has 0 spiro atoms. The van der Waals surface area contributed by atoms with Crippen LogP contribution in [0.4, 0.5) is 0 Å². The van der Waals surface area contributed by atoms with Gasteiger partial charge in [-0.05, 0) is 55.2 Å². The third-order valence-electron chi connectivity index (χ3n) is 4.77. The number of allylic oxidation sites excluding steroid dienone is 1. The second kappa shape index (κ2) is 6.57. The van der Waals surface area contributed by atoms with Gasteiger partial charge in [-0.3, -0.25) is 9.36 Å². The largest absolute Gasteiger partial charge is 0.490 e. The van der Waals surface area contributed by atoms with Crippen LogP contribution in [0, 0.1) is 13.8 Å². The smallest absolute Gasteiger partial charge is 0.262 e. The van der Waals surface area contributed by atoms with Gasteiger partial charge >= 0.3 is 0 Å². The van der Waals surface area contributed by atoms with Gasteiger partial charge in [0.1, 0.15) is 23.0 Å². The number of hydrogen-bond acceptors (Lipinski definition) is 4. The van der Waals surface area contributed by atoms with Crippen LogP contribution in [0.25, 0.3) is 21.9 Å². The Kier molecular flexibility index (Phi) is 4.24. The first-order valence-electron chi connectivity index (χ1n) is 8.63. The molecule has 1 aliphatic rings. The van der Waals surface area contributed by atoms with E-state index in [2.05, 4.69) is 12.7 Å². The summed E-state index contributed by atoms with van der Waals surface area (Å²) in [6, 6.07) is 7.93. The molecule has 26 heavy (non-hydrogen) atoms. The van der Waals surface area contributed by atoms with E-state index in [-0.39, 0.29) is 5.56 Å². The summed E-state index contributed by atoms with van der Waals surface area (Å²) in [6.07, 6.45) is 4.66. The first-order valence-corrected chi connectivity index (χ1v) is 9.45. The molecule has 2 aromatic heterocycles. The van der Waals surface area contributed by atoms with E-state index >= 15 is 0 Å². The molecule has 0 saturated carbocycles. The lowest BCUT2D eigenvalue weighted by atomic mass is 10.1. The molecule has 0 atom stereocenters. The molecule has 4 nitrogen and oxygen atoms in total. The summed E-state index contributed by atoms with van der Waals surface area (Å²) in [6.45, 7) is 8.89. The predicted octanol–water partition coefficient (Wildman–Crippen LogP) is 4.58. The molecule has 0 bridgehead atoms. The lowest BCUT2D eigenvalue weighted by molar-refractivity contribution is 0.363. The average molecular weight is 364 g/mol. The van der Waals surface area contributed by atoms with E-state index in [1.54, 1.807) is 17.4 Å². The summed E-state index contributed by atoms with van der Waals surface area (Å²) in [5.74, 6) is 1.62. The van der Waals surface area contributed by atoms with Gasteiger partial charge in [-0.25, -0.2) is 4.98 Å². The van der Waals surface area contributed by atoms with Crippen LogP contribution < -0.4 is 10.3 Å². The van der Waals surface area contributed by atoms with E-state index < -0.39 is 0 Å². The lowest BCUT2D eigenvalue weighted by Crippen LogP contribution is -2.20. The Morgan fingerprint density at radius 2 is 2.08 bits per heavy atom. The SMILES string of the molecule is C=CCOc1ccc(/C=C2/CCn3c2nc2sc(C)c(C)c2c3=O)cc1. The summed E-state index contributed by atoms with van der Waals surface area (Å²) in [7, 11) is 0. The van der Waals surface area contributed by atoms with Crippen molar-refractivity contribution in [3.8, 4) is 5.75 Å². The van der Waals surface area contributed by atoms with Gasteiger partial charge in [0, 0.05) is 11.4 Å². The van der Waals surface area contributed by atoms with Crippen LogP contribution in [0.2, 0.25) is 0 Å². The molecule has 1 aliphatic heterocycles. The number of fused-ring (bicyclic) bond motifs is 2. The molecule has 0 saturated heterocycles. The molecule has 0 fully saturated rings. The summed E-state index contributed by atoms with van der Waals surface area (Å²) in [5.41, 5.74) is 3.33. The van der Waals surface area contributed by atoms with E-state index in [4.69, 9.17) is 9.72 Å². The Morgan fingerprint density at radius 1 is 1.31 bits per heavy atom. The lowest BCUT2D eigenvalue weighted by Gasteiger charge is -2.05. The topological polar surface area (TPSA) is 44.1 Å². The van der Waals surface area contributed by atoms with Crippen molar-refractivity contribution in [1.29, 1.82) is 0 Å². The third-order valence-corrected chi connectivity index (χ3v) is 5.87. The van der Waals surface area contributed by atoms with Crippen molar-refractivity contribution in [2.24, 2.45) is 0 Å². The molecule has 0 radical (unpaired) electrons. The normalized spacial score (nSPS) is 14.8. The highest BCUT2D eigenvalue weighted by Gasteiger charge is 2.23. The molecule has 1 aromatic carbocycles. The van der Waals surface area contributed by atoms with Crippen LogP contribution in [-0.4, -0.2) is 16.2 Å². The maximum Gasteiger partial charge on any atom is 0.262 e. The van der Waals surface area contributed by atoms with E-state index in [1.807, 2.05) is 42.7 Å². The number of nitrogens with zero attached hydrogens (tertiary/aromatic N) is 2. The van der Waals surface area contributed by atoms with Gasteiger partial charge in [0.2, 0.25) is 0 Å². The van der Waals surface area contributed by atoms with Gasteiger partial charge in [-0.2, -0.15) is 0 Å². The highest BCUT2D eigenvalue weighted by Crippen LogP contribution is 2.32. The zero-order valence-corrected chi connectivity index (χ0v) is 15.7. The predicted molar refractivity (Wildman–Crippen MR) is 108 cm³/mol. The molecule has 4 rings (SSSR count). The van der Waals surface area contributed by atoms with Crippen molar-refractivity contribution < 1.29 is 4.74 Å². The maximum absolute atomic E-state index is 12.9. The fourth-order valence-electron chi connectivity index (χ4n) is 3.28. The van der Waals surface area contributed by atoms with Crippen molar-refractivity contribution in [2.45, 2.75) is 26.8 Å². The Bertz CT molecular complexity index is 1090. The highest BCUT2D eigenvalue weighted by atomic mass is 32.1. The fourth-order valence-corrected chi connectivity index (χ4v) is 4.30. The molecule has 132 valence electrons. The average Bonchev–Trinajstić information content (AvgIpc) is 3.16. The summed E-state index contributed by atoms with van der Waals surface area (Å²) < 4.78 is 7.33. The second-order valence-corrected chi connectivity index (χ2v) is 7.65. The zero-order valence-electron chi connectivity index (χ0n) is 14.9. The van der Waals surface area contributed by atoms with Crippen LogP contribution in [0.3, 0.4) is 0 Å². The van der Waals surface area contributed by atoms with Crippen molar-refractivity contribution in [1.82, 2.24) is 9.55 Å². The maximum atomic E-state index is 12.9. The minimum atomic E-state index is 0.0865. The van der Waals surface area contributed by atoms with Crippen LogP contribution >= 0.6 is 11.3 Å². The van der Waals surface area contributed by atoms with E-state index in [0.717, 1.165) is 49.8 Å². The van der Waals surface area contributed by atoms with Gasteiger partial charge in [0.05, 0.1) is 5.39 Å². The quantitative estimate of drug-likeness (QED) is 0.636. The molecule has 5 heteroatoms. The monoisotopic (exact) mass is 364 g/mol. The van der Waals surface area contributed by atoms with Crippen molar-refractivity contribution in [2.75, 3.05) is 6.61 Å². The molecule has 0 aliphatic carbocycles. The molecule has 0 unspecified atom stereocenters. The number of aryl methyl sites for hydroxylation is 2. The van der Waals surface area contributed by atoms with E-state index in [1.165, 1.54) is 0 Å². The van der Waals surface area contributed by atoms with Gasteiger partial charge in [-0.1, -0.05) is 24.8 Å². The van der Waals surface area contributed by atoms with E-state index in [9.17, 15) is 4.79 Å². The number of aromatic nitrogens is 2. The Labute approximate surface area is 156 Å². The van der Waals surface area contributed by atoms with Gasteiger partial charge in [-0.15, -0.1) is 11.3 Å². The third kappa shape index (κ3) is 2.78. The first-order chi connectivity index (χ1) is 12.6. The second-order valence-electron chi connectivity index (χ2n) is 6.44. The number of benzene rings is 1. The number of ether oxygens (including phenoxy) is 1. The van der Waals surface area contributed by atoms with Crippen molar-refractivity contribution in [3.05, 3.63) is 69.1 Å². The fraction of sp³-hybridized carbons (Fsp3) is 0.238. The number of rotatable bonds is 4. The van der Waals surface area contributed by atoms with E-state index in [0.29, 0.717) is 13.2 Å². The molecule has 3 aromatic rings. The molecule has 0 amide bonds. The Hall–Kier alpha value is -2.66. The first kappa shape index (κ1) is 16.8. The van der Waals surface area contributed by atoms with Gasteiger partial charge in [0.25, 0.3) is 5.56 Å². The highest BCUT2D eigenvalue weighted by molar-refractivity contribution is 7.18. The molecular weight excluding hydrogens is 344 g/mol. The van der Waals surface area contributed by atoms with Crippen LogP contribution in [-0.2, 0) is 6.54 Å². The molecular formula is C21H20N2O2S. The Balaban J connectivity index is 1.73. The molecule has 0 N–H and O–H groups in total. The van der Waals surface area contributed by atoms with Gasteiger partial charge < -0.3 is 4.74 Å². The number of thiophene rings is 1. The van der Waals surface area contributed by atoms with Crippen molar-refractivity contribution in [3.63, 3.8) is 0 Å². The summed E-state index contributed by atoms with van der Waals surface area (Å²) in [4.78, 5) is 19.7. The zero-order chi connectivity index (χ0) is 18.3. The Morgan fingerprint density at radius 3 is 2.81 bits per heavy atom. The van der Waals surface area contributed by atoms with Crippen molar-refractivity contribution >= 4 is 33.2 Å². The van der Waals surface area contributed by atoms with Gasteiger partial charge in [0.15, 0.2) is 0 Å². The summed E-state index contributed by atoms with van der Waals surface area (Å²) >= 11 is 1.60. The summed E-state index contributed by atoms with van der Waals surface area (Å²) in [5, 5.41) is 0.779. The van der Waals surface area contributed by atoms with Crippen LogP contribution in [0.15, 0.2) is 41.7 Å².